The number of pyridine rings is 1. The highest BCUT2D eigenvalue weighted by atomic mass is 16.5. The van der Waals surface area contributed by atoms with Crippen molar-refractivity contribution >= 4 is 5.91 Å². The smallest absolute Gasteiger partial charge is 0.255 e. The van der Waals surface area contributed by atoms with Crippen molar-refractivity contribution in [2.24, 2.45) is 0 Å². The van der Waals surface area contributed by atoms with Gasteiger partial charge < -0.3 is 14.5 Å². The zero-order valence-electron chi connectivity index (χ0n) is 13.3. The van der Waals surface area contributed by atoms with Gasteiger partial charge in [-0.15, -0.1) is 0 Å². The predicted octanol–water partition coefficient (Wildman–Crippen LogP) is 0.168. The molecule has 2 atom stereocenters. The van der Waals surface area contributed by atoms with Crippen molar-refractivity contribution in [3.8, 4) is 0 Å². The molecule has 6 heteroatoms. The average molecular weight is 304 g/mol. The fourth-order valence-electron chi connectivity index (χ4n) is 3.20. The van der Waals surface area contributed by atoms with Crippen LogP contribution in [-0.4, -0.2) is 91.2 Å². The molecule has 2 aliphatic heterocycles. The Morgan fingerprint density at radius 2 is 2.32 bits per heavy atom. The summed E-state index contributed by atoms with van der Waals surface area (Å²) in [5, 5.41) is 0. The van der Waals surface area contributed by atoms with Crippen LogP contribution in [0.1, 0.15) is 10.4 Å². The topological polar surface area (TPSA) is 48.9 Å². The second-order valence-corrected chi connectivity index (χ2v) is 6.27. The molecule has 3 heterocycles. The monoisotopic (exact) mass is 304 g/mol. The maximum atomic E-state index is 12.6. The van der Waals surface area contributed by atoms with E-state index in [0.717, 1.165) is 32.8 Å². The highest BCUT2D eigenvalue weighted by Crippen LogP contribution is 2.24. The summed E-state index contributed by atoms with van der Waals surface area (Å²) in [6.45, 7) is 5.17. The van der Waals surface area contributed by atoms with Gasteiger partial charge in [0, 0.05) is 45.1 Å². The van der Waals surface area contributed by atoms with Crippen molar-refractivity contribution in [2.75, 3.05) is 53.4 Å². The van der Waals surface area contributed by atoms with E-state index in [0.29, 0.717) is 18.2 Å². The Kier molecular flexibility index (Phi) is 4.71. The summed E-state index contributed by atoms with van der Waals surface area (Å²) < 4.78 is 5.89. The number of likely N-dealkylation sites (tertiary alicyclic amines) is 1. The van der Waals surface area contributed by atoms with E-state index in [-0.39, 0.29) is 12.0 Å². The number of nitrogens with zero attached hydrogens (tertiary/aromatic N) is 4. The molecule has 2 aliphatic rings. The number of hydrogen-bond donors (Lipinski definition) is 0. The van der Waals surface area contributed by atoms with E-state index in [2.05, 4.69) is 28.9 Å². The molecule has 0 saturated carbocycles. The van der Waals surface area contributed by atoms with Gasteiger partial charge in [-0.1, -0.05) is 0 Å². The number of aromatic nitrogens is 1. The maximum absolute atomic E-state index is 12.6. The second-order valence-electron chi connectivity index (χ2n) is 6.27. The molecule has 2 saturated heterocycles. The first-order valence-electron chi connectivity index (χ1n) is 7.85. The van der Waals surface area contributed by atoms with E-state index in [9.17, 15) is 4.79 Å². The third-order valence-electron chi connectivity index (χ3n) is 4.45. The maximum Gasteiger partial charge on any atom is 0.255 e. The van der Waals surface area contributed by atoms with Gasteiger partial charge in [-0.2, -0.15) is 0 Å². The van der Waals surface area contributed by atoms with E-state index in [1.165, 1.54) is 0 Å². The summed E-state index contributed by atoms with van der Waals surface area (Å²) in [6.07, 6.45) is 3.46. The third kappa shape index (κ3) is 3.29. The number of hydrogen-bond acceptors (Lipinski definition) is 5. The standard InChI is InChI=1S/C16H24N4O2/c1-18(2)6-7-19-8-9-22-15-12-20(11-14(15)19)16(21)13-4-3-5-17-10-13/h3-5,10,14-15H,6-9,11-12H2,1-2H3/t14-,15+/m1/s1. The molecule has 3 rings (SSSR count). The van der Waals surface area contributed by atoms with Crippen molar-refractivity contribution in [2.45, 2.75) is 12.1 Å². The molecule has 1 aromatic rings. The highest BCUT2D eigenvalue weighted by Gasteiger charge is 2.41. The normalized spacial score (nSPS) is 25.5. The number of rotatable bonds is 4. The SMILES string of the molecule is CN(C)CCN1CCO[C@H]2CN(C(=O)c3cccnc3)C[C@H]21. The van der Waals surface area contributed by atoms with Gasteiger partial charge in [0.1, 0.15) is 0 Å². The zero-order valence-corrected chi connectivity index (χ0v) is 13.3. The number of carbonyl (C=O) groups is 1. The number of fused-ring (bicyclic) bond motifs is 1. The lowest BCUT2D eigenvalue weighted by molar-refractivity contribution is -0.0482. The quantitative estimate of drug-likeness (QED) is 0.793. The zero-order chi connectivity index (χ0) is 15.5. The van der Waals surface area contributed by atoms with Gasteiger partial charge in [0.25, 0.3) is 5.91 Å². The molecule has 0 aliphatic carbocycles. The van der Waals surface area contributed by atoms with E-state index >= 15 is 0 Å². The van der Waals surface area contributed by atoms with Gasteiger partial charge >= 0.3 is 0 Å². The summed E-state index contributed by atoms with van der Waals surface area (Å²) in [7, 11) is 4.18. The van der Waals surface area contributed by atoms with Crippen LogP contribution >= 0.6 is 0 Å². The molecule has 1 amide bonds. The Balaban J connectivity index is 1.65. The number of likely N-dealkylation sites (N-methyl/N-ethyl adjacent to an activating group) is 1. The van der Waals surface area contributed by atoms with Gasteiger partial charge in [-0.25, -0.2) is 0 Å². The number of carbonyl (C=O) groups excluding carboxylic acids is 1. The van der Waals surface area contributed by atoms with Crippen LogP contribution in [0.15, 0.2) is 24.5 Å². The van der Waals surface area contributed by atoms with Gasteiger partial charge in [0.2, 0.25) is 0 Å². The van der Waals surface area contributed by atoms with Crippen molar-refractivity contribution in [3.63, 3.8) is 0 Å². The van der Waals surface area contributed by atoms with Gasteiger partial charge in [0.15, 0.2) is 0 Å². The van der Waals surface area contributed by atoms with Crippen LogP contribution in [0.3, 0.4) is 0 Å². The van der Waals surface area contributed by atoms with Crippen LogP contribution in [0.5, 0.6) is 0 Å². The van der Waals surface area contributed by atoms with Crippen LogP contribution in [-0.2, 0) is 4.74 Å². The molecule has 0 spiro atoms. The first kappa shape index (κ1) is 15.4. The van der Waals surface area contributed by atoms with Crippen molar-refractivity contribution in [3.05, 3.63) is 30.1 Å². The molecule has 0 aromatic carbocycles. The molecular formula is C16H24N4O2. The summed E-state index contributed by atoms with van der Waals surface area (Å²) in [4.78, 5) is 23.2. The van der Waals surface area contributed by atoms with E-state index in [1.54, 1.807) is 18.5 Å². The largest absolute Gasteiger partial charge is 0.373 e. The minimum atomic E-state index is 0.0543. The highest BCUT2D eigenvalue weighted by molar-refractivity contribution is 5.94. The molecule has 1 aromatic heterocycles. The van der Waals surface area contributed by atoms with E-state index in [4.69, 9.17) is 4.74 Å². The predicted molar refractivity (Wildman–Crippen MR) is 83.8 cm³/mol. The van der Waals surface area contributed by atoms with Crippen molar-refractivity contribution < 1.29 is 9.53 Å². The Hall–Kier alpha value is -1.50. The molecule has 22 heavy (non-hydrogen) atoms. The molecule has 0 N–H and O–H groups in total. The minimum Gasteiger partial charge on any atom is -0.373 e. The summed E-state index contributed by atoms with van der Waals surface area (Å²) in [5.74, 6) is 0.0543. The Morgan fingerprint density at radius 3 is 3.05 bits per heavy atom. The summed E-state index contributed by atoms with van der Waals surface area (Å²) in [6, 6.07) is 3.94. The van der Waals surface area contributed by atoms with Crippen LogP contribution in [0.4, 0.5) is 0 Å². The Bertz CT molecular complexity index is 508. The molecule has 0 bridgehead atoms. The molecular weight excluding hydrogens is 280 g/mol. The van der Waals surface area contributed by atoms with Gasteiger partial charge in [-0.05, 0) is 26.2 Å². The summed E-state index contributed by atoms with van der Waals surface area (Å²) >= 11 is 0. The second kappa shape index (κ2) is 6.73. The lowest BCUT2D eigenvalue weighted by Crippen LogP contribution is -2.52. The molecule has 0 unspecified atom stereocenters. The fraction of sp³-hybridized carbons (Fsp3) is 0.625. The van der Waals surface area contributed by atoms with Crippen LogP contribution < -0.4 is 0 Å². The molecule has 2 fully saturated rings. The summed E-state index contributed by atoms with van der Waals surface area (Å²) in [5.41, 5.74) is 0.654. The van der Waals surface area contributed by atoms with E-state index < -0.39 is 0 Å². The van der Waals surface area contributed by atoms with E-state index in [1.807, 2.05) is 11.0 Å². The lowest BCUT2D eigenvalue weighted by Gasteiger charge is -2.37. The van der Waals surface area contributed by atoms with Crippen LogP contribution in [0.2, 0.25) is 0 Å². The third-order valence-corrected chi connectivity index (χ3v) is 4.45. The Morgan fingerprint density at radius 1 is 1.45 bits per heavy atom. The van der Waals surface area contributed by atoms with Crippen molar-refractivity contribution in [1.29, 1.82) is 0 Å². The lowest BCUT2D eigenvalue weighted by atomic mass is 10.1. The first-order chi connectivity index (χ1) is 10.6. The molecule has 120 valence electrons. The van der Waals surface area contributed by atoms with Gasteiger partial charge in [-0.3, -0.25) is 14.7 Å². The number of amides is 1. The van der Waals surface area contributed by atoms with Crippen LogP contribution in [0.25, 0.3) is 0 Å². The van der Waals surface area contributed by atoms with Crippen LogP contribution in [0, 0.1) is 0 Å². The molecule has 0 radical (unpaired) electrons. The average Bonchev–Trinajstić information content (AvgIpc) is 2.97. The first-order valence-corrected chi connectivity index (χ1v) is 7.85. The van der Waals surface area contributed by atoms with Gasteiger partial charge in [0.05, 0.1) is 24.3 Å². The number of ether oxygens (including phenoxy) is 1. The minimum absolute atomic E-state index is 0.0543. The Labute approximate surface area is 131 Å². The van der Waals surface area contributed by atoms with Crippen molar-refractivity contribution in [1.82, 2.24) is 19.7 Å². The fourth-order valence-corrected chi connectivity index (χ4v) is 3.20. The number of morpholine rings is 1. The molecule has 6 nitrogen and oxygen atoms in total.